The highest BCUT2D eigenvalue weighted by Gasteiger charge is 2.16. The number of hydrogen-bond acceptors (Lipinski definition) is 2. The molecule has 3 nitrogen and oxygen atoms in total. The molecular formula is C15H18FN3. The zero-order valence-corrected chi connectivity index (χ0v) is 10.8. The monoisotopic (exact) mass is 259 g/mol. The smallest absolute Gasteiger partial charge is 0.123 e. The average molecular weight is 259 g/mol. The van der Waals surface area contributed by atoms with Crippen LogP contribution >= 0.6 is 0 Å². The number of anilines is 1. The summed E-state index contributed by atoms with van der Waals surface area (Å²) < 4.78 is 15.3. The Morgan fingerprint density at radius 3 is 2.79 bits per heavy atom. The Labute approximate surface area is 112 Å². The van der Waals surface area contributed by atoms with E-state index in [1.165, 1.54) is 44.2 Å². The molecule has 3 rings (SSSR count). The third-order valence-corrected chi connectivity index (χ3v) is 3.88. The maximum atomic E-state index is 13.3. The first kappa shape index (κ1) is 12.2. The van der Waals surface area contributed by atoms with E-state index < -0.39 is 0 Å². The van der Waals surface area contributed by atoms with Crippen LogP contribution in [-0.4, -0.2) is 9.78 Å². The number of nitrogens with two attached hydrogens (primary N) is 1. The molecule has 1 heterocycles. The zero-order valence-electron chi connectivity index (χ0n) is 10.8. The first-order chi connectivity index (χ1) is 9.24. The second-order valence-corrected chi connectivity index (χ2v) is 5.23. The van der Waals surface area contributed by atoms with Crippen molar-refractivity contribution in [2.24, 2.45) is 0 Å². The summed E-state index contributed by atoms with van der Waals surface area (Å²) in [7, 11) is 0. The molecule has 100 valence electrons. The molecule has 0 atom stereocenters. The molecule has 1 fully saturated rings. The van der Waals surface area contributed by atoms with Gasteiger partial charge in [-0.2, -0.15) is 5.10 Å². The molecular weight excluding hydrogens is 241 g/mol. The van der Waals surface area contributed by atoms with Gasteiger partial charge in [-0.15, -0.1) is 0 Å². The molecule has 19 heavy (non-hydrogen) atoms. The Morgan fingerprint density at radius 1 is 1.21 bits per heavy atom. The second-order valence-electron chi connectivity index (χ2n) is 5.23. The van der Waals surface area contributed by atoms with Crippen LogP contribution in [-0.2, 0) is 0 Å². The van der Waals surface area contributed by atoms with Crippen molar-refractivity contribution in [3.63, 3.8) is 0 Å². The number of aromatic nitrogens is 2. The van der Waals surface area contributed by atoms with Crippen LogP contribution < -0.4 is 5.73 Å². The lowest BCUT2D eigenvalue weighted by Gasteiger charge is -2.21. The van der Waals surface area contributed by atoms with Gasteiger partial charge >= 0.3 is 0 Å². The van der Waals surface area contributed by atoms with Crippen LogP contribution in [0.15, 0.2) is 30.6 Å². The van der Waals surface area contributed by atoms with Crippen molar-refractivity contribution in [2.45, 2.75) is 38.1 Å². The maximum absolute atomic E-state index is 13.3. The Bertz CT molecular complexity index is 571. The fourth-order valence-electron chi connectivity index (χ4n) is 2.80. The van der Waals surface area contributed by atoms with E-state index in [9.17, 15) is 4.39 Å². The van der Waals surface area contributed by atoms with Crippen LogP contribution in [0.4, 0.5) is 10.1 Å². The van der Waals surface area contributed by atoms with E-state index in [1.54, 1.807) is 12.3 Å². The predicted octanol–water partition coefficient (Wildman–Crippen LogP) is 3.78. The minimum Gasteiger partial charge on any atom is -0.398 e. The maximum Gasteiger partial charge on any atom is 0.123 e. The molecule has 2 aromatic rings. The lowest BCUT2D eigenvalue weighted by molar-refractivity contribution is 0.329. The standard InChI is InChI=1S/C15H18FN3/c16-12-6-7-15(17)14(8-12)11-9-18-19(10-11)13-4-2-1-3-5-13/h6-10,13H,1-5,17H2. The van der Waals surface area contributed by atoms with Crippen molar-refractivity contribution in [1.82, 2.24) is 9.78 Å². The molecule has 0 saturated heterocycles. The quantitative estimate of drug-likeness (QED) is 0.834. The number of rotatable bonds is 2. The van der Waals surface area contributed by atoms with Crippen molar-refractivity contribution in [1.29, 1.82) is 0 Å². The summed E-state index contributed by atoms with van der Waals surface area (Å²) in [6.45, 7) is 0. The van der Waals surface area contributed by atoms with Gasteiger partial charge in [0.15, 0.2) is 0 Å². The summed E-state index contributed by atoms with van der Waals surface area (Å²) in [6.07, 6.45) is 9.98. The average Bonchev–Trinajstić information content (AvgIpc) is 2.92. The van der Waals surface area contributed by atoms with Crippen molar-refractivity contribution in [2.75, 3.05) is 5.73 Å². The molecule has 0 radical (unpaired) electrons. The van der Waals surface area contributed by atoms with Gasteiger partial charge < -0.3 is 5.73 Å². The van der Waals surface area contributed by atoms with Gasteiger partial charge in [0, 0.05) is 23.0 Å². The zero-order chi connectivity index (χ0) is 13.2. The molecule has 0 aliphatic heterocycles. The number of nitrogen functional groups attached to an aromatic ring is 1. The fraction of sp³-hybridized carbons (Fsp3) is 0.400. The summed E-state index contributed by atoms with van der Waals surface area (Å²) in [4.78, 5) is 0. The Hall–Kier alpha value is -1.84. The largest absolute Gasteiger partial charge is 0.398 e. The molecule has 0 spiro atoms. The van der Waals surface area contributed by atoms with Crippen molar-refractivity contribution < 1.29 is 4.39 Å². The van der Waals surface area contributed by atoms with Crippen LogP contribution in [0.3, 0.4) is 0 Å². The molecule has 2 N–H and O–H groups in total. The summed E-state index contributed by atoms with van der Waals surface area (Å²) in [5, 5.41) is 4.43. The summed E-state index contributed by atoms with van der Waals surface area (Å²) in [5.74, 6) is -0.269. The molecule has 0 amide bonds. The van der Waals surface area contributed by atoms with Crippen LogP contribution in [0, 0.1) is 5.82 Å². The number of hydrogen-bond donors (Lipinski definition) is 1. The highest BCUT2D eigenvalue weighted by molar-refractivity contribution is 5.75. The van der Waals surface area contributed by atoms with Crippen LogP contribution in [0.5, 0.6) is 0 Å². The second kappa shape index (κ2) is 5.03. The van der Waals surface area contributed by atoms with E-state index in [2.05, 4.69) is 5.10 Å². The van der Waals surface area contributed by atoms with E-state index in [4.69, 9.17) is 5.73 Å². The van der Waals surface area contributed by atoms with E-state index in [1.807, 2.05) is 10.9 Å². The van der Waals surface area contributed by atoms with Gasteiger partial charge in [-0.1, -0.05) is 19.3 Å². The molecule has 0 unspecified atom stereocenters. The lowest BCUT2D eigenvalue weighted by Crippen LogP contribution is -2.12. The third kappa shape index (κ3) is 2.48. The van der Waals surface area contributed by atoms with Gasteiger partial charge in [-0.25, -0.2) is 4.39 Å². The summed E-state index contributed by atoms with van der Waals surface area (Å²) in [6, 6.07) is 4.93. The SMILES string of the molecule is Nc1ccc(F)cc1-c1cnn(C2CCCCC2)c1. The molecule has 0 bridgehead atoms. The first-order valence-electron chi connectivity index (χ1n) is 6.83. The number of halogens is 1. The van der Waals surface area contributed by atoms with Crippen LogP contribution in [0.1, 0.15) is 38.1 Å². The van der Waals surface area contributed by atoms with E-state index in [0.717, 1.165) is 11.1 Å². The molecule has 1 aromatic heterocycles. The highest BCUT2D eigenvalue weighted by atomic mass is 19.1. The summed E-state index contributed by atoms with van der Waals surface area (Å²) >= 11 is 0. The number of benzene rings is 1. The normalized spacial score (nSPS) is 16.7. The number of nitrogens with zero attached hydrogens (tertiary/aromatic N) is 2. The first-order valence-corrected chi connectivity index (χ1v) is 6.83. The van der Waals surface area contributed by atoms with Crippen LogP contribution in [0.25, 0.3) is 11.1 Å². The Kier molecular flexibility index (Phi) is 3.23. The topological polar surface area (TPSA) is 43.8 Å². The molecule has 1 aliphatic carbocycles. The molecule has 4 heteroatoms. The van der Waals surface area contributed by atoms with Crippen molar-refractivity contribution in [3.8, 4) is 11.1 Å². The minimum atomic E-state index is -0.269. The van der Waals surface area contributed by atoms with Crippen molar-refractivity contribution >= 4 is 5.69 Å². The van der Waals surface area contributed by atoms with Gasteiger partial charge in [0.05, 0.1) is 12.2 Å². The van der Waals surface area contributed by atoms with E-state index in [0.29, 0.717) is 11.7 Å². The van der Waals surface area contributed by atoms with Gasteiger partial charge in [-0.05, 0) is 31.0 Å². The predicted molar refractivity (Wildman–Crippen MR) is 74.2 cm³/mol. The van der Waals surface area contributed by atoms with Gasteiger partial charge in [0.25, 0.3) is 0 Å². The Balaban J connectivity index is 1.89. The molecule has 1 saturated carbocycles. The Morgan fingerprint density at radius 2 is 2.00 bits per heavy atom. The van der Waals surface area contributed by atoms with Gasteiger partial charge in [-0.3, -0.25) is 4.68 Å². The van der Waals surface area contributed by atoms with Crippen molar-refractivity contribution in [3.05, 3.63) is 36.4 Å². The van der Waals surface area contributed by atoms with E-state index >= 15 is 0 Å². The van der Waals surface area contributed by atoms with E-state index in [-0.39, 0.29) is 5.82 Å². The van der Waals surface area contributed by atoms with Crippen LogP contribution in [0.2, 0.25) is 0 Å². The molecule has 1 aromatic carbocycles. The lowest BCUT2D eigenvalue weighted by atomic mass is 9.96. The minimum absolute atomic E-state index is 0.269. The van der Waals surface area contributed by atoms with Gasteiger partial charge in [0.1, 0.15) is 5.82 Å². The third-order valence-electron chi connectivity index (χ3n) is 3.88. The summed E-state index contributed by atoms with van der Waals surface area (Å²) in [5.41, 5.74) is 8.11. The van der Waals surface area contributed by atoms with Gasteiger partial charge in [0.2, 0.25) is 0 Å². The fourth-order valence-corrected chi connectivity index (χ4v) is 2.80. The molecule has 1 aliphatic rings. The highest BCUT2D eigenvalue weighted by Crippen LogP contribution is 2.31.